The highest BCUT2D eigenvalue weighted by molar-refractivity contribution is 7.98. The van der Waals surface area contributed by atoms with E-state index in [-0.39, 0.29) is 18.7 Å². The molecule has 19 heavy (non-hydrogen) atoms. The molecule has 0 aromatic heterocycles. The van der Waals surface area contributed by atoms with Gasteiger partial charge in [0.25, 0.3) is 0 Å². The third kappa shape index (κ3) is 5.53. The van der Waals surface area contributed by atoms with Crippen LogP contribution in [0.5, 0.6) is 0 Å². The van der Waals surface area contributed by atoms with Gasteiger partial charge in [-0.05, 0) is 43.7 Å². The maximum Gasteiger partial charge on any atom is 0.319 e. The van der Waals surface area contributed by atoms with Crippen LogP contribution in [0.1, 0.15) is 17.5 Å². The number of aliphatic hydroxyl groups excluding tert-OH is 1. The number of rotatable bonds is 6. The molecule has 2 amide bonds. The van der Waals surface area contributed by atoms with Crippen molar-refractivity contribution in [3.05, 3.63) is 29.3 Å². The highest BCUT2D eigenvalue weighted by Gasteiger charge is 2.12. The molecule has 0 aliphatic carbocycles. The Morgan fingerprint density at radius 2 is 2.16 bits per heavy atom. The van der Waals surface area contributed by atoms with Crippen LogP contribution in [0.4, 0.5) is 10.5 Å². The molecule has 0 heterocycles. The zero-order valence-corrected chi connectivity index (χ0v) is 12.5. The Kier molecular flexibility index (Phi) is 6.73. The molecule has 0 saturated heterocycles. The number of urea groups is 1. The Morgan fingerprint density at radius 3 is 2.79 bits per heavy atom. The maximum absolute atomic E-state index is 11.9. The average molecular weight is 282 g/mol. The van der Waals surface area contributed by atoms with Crippen LogP contribution in [0, 0.1) is 13.8 Å². The summed E-state index contributed by atoms with van der Waals surface area (Å²) in [5.41, 5.74) is 2.96. The molecular formula is C14H22N2O2S. The first-order chi connectivity index (χ1) is 9.06. The van der Waals surface area contributed by atoms with Crippen LogP contribution in [0.15, 0.2) is 18.2 Å². The van der Waals surface area contributed by atoms with Crippen molar-refractivity contribution in [3.63, 3.8) is 0 Å². The van der Waals surface area contributed by atoms with Gasteiger partial charge in [0.05, 0.1) is 0 Å². The molecule has 0 unspecified atom stereocenters. The molecule has 1 aromatic rings. The number of hydrogen-bond acceptors (Lipinski definition) is 3. The van der Waals surface area contributed by atoms with E-state index in [0.717, 1.165) is 22.6 Å². The van der Waals surface area contributed by atoms with Crippen molar-refractivity contribution in [3.8, 4) is 0 Å². The third-order valence-corrected chi connectivity index (χ3v) is 3.56. The van der Waals surface area contributed by atoms with Gasteiger partial charge in [0.1, 0.15) is 0 Å². The van der Waals surface area contributed by atoms with Crippen molar-refractivity contribution in [1.29, 1.82) is 0 Å². The van der Waals surface area contributed by atoms with Gasteiger partial charge in [-0.15, -0.1) is 0 Å². The lowest BCUT2D eigenvalue weighted by molar-refractivity contribution is 0.241. The summed E-state index contributed by atoms with van der Waals surface area (Å²) in [6, 6.07) is 5.72. The van der Waals surface area contributed by atoms with Crippen molar-refractivity contribution in [1.82, 2.24) is 5.32 Å². The fourth-order valence-corrected chi connectivity index (χ4v) is 2.42. The van der Waals surface area contributed by atoms with Gasteiger partial charge >= 0.3 is 6.03 Å². The number of nitrogens with one attached hydrogen (secondary N) is 2. The monoisotopic (exact) mass is 282 g/mol. The minimum atomic E-state index is -0.221. The lowest BCUT2D eigenvalue weighted by Crippen LogP contribution is -2.40. The molecular weight excluding hydrogens is 260 g/mol. The minimum Gasteiger partial charge on any atom is -0.396 e. The predicted octanol–water partition coefficient (Wildman–Crippen LogP) is 2.54. The molecule has 4 nitrogen and oxygen atoms in total. The number of thioether (sulfide) groups is 1. The number of aryl methyl sites for hydroxylation is 2. The van der Waals surface area contributed by atoms with Gasteiger partial charge in [-0.3, -0.25) is 0 Å². The zero-order valence-electron chi connectivity index (χ0n) is 11.7. The molecule has 1 rings (SSSR count). The highest BCUT2D eigenvalue weighted by atomic mass is 32.2. The lowest BCUT2D eigenvalue weighted by Gasteiger charge is -2.18. The molecule has 1 aromatic carbocycles. The Bertz CT molecular complexity index is 418. The maximum atomic E-state index is 11.9. The van der Waals surface area contributed by atoms with E-state index in [1.165, 1.54) is 0 Å². The van der Waals surface area contributed by atoms with Gasteiger partial charge in [-0.1, -0.05) is 12.1 Å². The van der Waals surface area contributed by atoms with Gasteiger partial charge in [0, 0.05) is 24.1 Å². The minimum absolute atomic E-state index is 0.00915. The fraction of sp³-hybridized carbons (Fsp3) is 0.500. The molecule has 1 atom stereocenters. The molecule has 0 spiro atoms. The van der Waals surface area contributed by atoms with Crippen LogP contribution in [0.3, 0.4) is 0 Å². The molecule has 106 valence electrons. The van der Waals surface area contributed by atoms with E-state index in [4.69, 9.17) is 5.11 Å². The lowest BCUT2D eigenvalue weighted by atomic mass is 10.1. The first kappa shape index (κ1) is 15.9. The molecule has 0 fully saturated rings. The number of anilines is 1. The number of hydrogen-bond donors (Lipinski definition) is 3. The molecule has 0 saturated carbocycles. The van der Waals surface area contributed by atoms with E-state index < -0.39 is 0 Å². The predicted molar refractivity (Wildman–Crippen MR) is 81.9 cm³/mol. The summed E-state index contributed by atoms with van der Waals surface area (Å²) in [7, 11) is 0. The average Bonchev–Trinajstić information content (AvgIpc) is 2.34. The standard InChI is InChI=1S/C14H22N2O2S/c1-10-4-5-11(2)13(8-10)16-14(18)15-12(6-7-17)9-19-3/h4-5,8,12,17H,6-7,9H2,1-3H3,(H2,15,16,18)/t12-/m1/s1. The van der Waals surface area contributed by atoms with Crippen molar-refractivity contribution >= 4 is 23.5 Å². The summed E-state index contributed by atoms with van der Waals surface area (Å²) in [6.45, 7) is 4.03. The fourth-order valence-electron chi connectivity index (χ4n) is 1.77. The topological polar surface area (TPSA) is 61.4 Å². The number of carbonyl (C=O) groups excluding carboxylic acids is 1. The third-order valence-electron chi connectivity index (χ3n) is 2.82. The van der Waals surface area contributed by atoms with E-state index in [1.54, 1.807) is 11.8 Å². The second kappa shape index (κ2) is 8.07. The summed E-state index contributed by atoms with van der Waals surface area (Å²) in [4.78, 5) is 11.9. The van der Waals surface area contributed by atoms with Crippen molar-refractivity contribution in [2.45, 2.75) is 26.3 Å². The normalized spacial score (nSPS) is 12.0. The second-order valence-corrected chi connectivity index (χ2v) is 5.49. The molecule has 0 aliphatic heterocycles. The summed E-state index contributed by atoms with van der Waals surface area (Å²) in [6.07, 6.45) is 2.55. The van der Waals surface area contributed by atoms with E-state index >= 15 is 0 Å². The Balaban J connectivity index is 2.60. The van der Waals surface area contributed by atoms with E-state index in [9.17, 15) is 4.79 Å². The van der Waals surface area contributed by atoms with Crippen LogP contribution in [0.25, 0.3) is 0 Å². The second-order valence-electron chi connectivity index (χ2n) is 4.58. The summed E-state index contributed by atoms with van der Waals surface area (Å²) < 4.78 is 0. The van der Waals surface area contributed by atoms with Gasteiger partial charge < -0.3 is 15.7 Å². The van der Waals surface area contributed by atoms with Crippen LogP contribution in [0.2, 0.25) is 0 Å². The summed E-state index contributed by atoms with van der Waals surface area (Å²) >= 11 is 1.65. The van der Waals surface area contributed by atoms with Gasteiger partial charge in [0.15, 0.2) is 0 Å². The highest BCUT2D eigenvalue weighted by Crippen LogP contribution is 2.16. The number of benzene rings is 1. The van der Waals surface area contributed by atoms with E-state index in [1.807, 2.05) is 38.3 Å². The van der Waals surface area contributed by atoms with Crippen molar-refractivity contribution in [2.75, 3.05) is 23.9 Å². The van der Waals surface area contributed by atoms with Gasteiger partial charge in [0.2, 0.25) is 0 Å². The van der Waals surface area contributed by atoms with Gasteiger partial charge in [-0.25, -0.2) is 4.79 Å². The number of amides is 2. The van der Waals surface area contributed by atoms with Crippen molar-refractivity contribution in [2.24, 2.45) is 0 Å². The number of carbonyl (C=O) groups is 1. The first-order valence-corrected chi connectivity index (χ1v) is 7.70. The van der Waals surface area contributed by atoms with Crippen molar-refractivity contribution < 1.29 is 9.90 Å². The quantitative estimate of drug-likeness (QED) is 0.751. The molecule has 5 heteroatoms. The van der Waals surface area contributed by atoms with Crippen LogP contribution >= 0.6 is 11.8 Å². The summed E-state index contributed by atoms with van der Waals surface area (Å²) in [5.74, 6) is 0.792. The Morgan fingerprint density at radius 1 is 1.42 bits per heavy atom. The van der Waals surface area contributed by atoms with Crippen LogP contribution in [-0.4, -0.2) is 35.8 Å². The van der Waals surface area contributed by atoms with E-state index in [2.05, 4.69) is 10.6 Å². The zero-order chi connectivity index (χ0) is 14.3. The van der Waals surface area contributed by atoms with E-state index in [0.29, 0.717) is 6.42 Å². The Labute approximate surface area is 119 Å². The Hall–Kier alpha value is -1.20. The molecule has 0 bridgehead atoms. The van der Waals surface area contributed by atoms with Crippen LogP contribution in [-0.2, 0) is 0 Å². The first-order valence-electron chi connectivity index (χ1n) is 6.31. The molecule has 0 radical (unpaired) electrons. The SMILES string of the molecule is CSC[C@@H](CCO)NC(=O)Nc1cc(C)ccc1C. The molecule has 0 aliphatic rings. The van der Waals surface area contributed by atoms with Gasteiger partial charge in [-0.2, -0.15) is 11.8 Å². The number of aliphatic hydroxyl groups is 1. The smallest absolute Gasteiger partial charge is 0.319 e. The largest absolute Gasteiger partial charge is 0.396 e. The van der Waals surface area contributed by atoms with Crippen LogP contribution < -0.4 is 10.6 Å². The summed E-state index contributed by atoms with van der Waals surface area (Å²) in [5, 5.41) is 14.7. The molecule has 3 N–H and O–H groups in total.